The Morgan fingerprint density at radius 2 is 1.94 bits per heavy atom. The van der Waals surface area contributed by atoms with Crippen LogP contribution < -0.4 is 10.6 Å². The molecule has 34 heavy (non-hydrogen) atoms. The van der Waals surface area contributed by atoms with Gasteiger partial charge in [-0.3, -0.25) is 4.79 Å². The number of nitrogens with zero attached hydrogens (tertiary/aromatic N) is 3. The third-order valence-corrected chi connectivity index (χ3v) is 5.99. The van der Waals surface area contributed by atoms with Crippen LogP contribution in [0.1, 0.15) is 53.0 Å². The quantitative estimate of drug-likeness (QED) is 0.394. The molecule has 0 aliphatic carbocycles. The topological polar surface area (TPSA) is 70.2 Å². The van der Waals surface area contributed by atoms with Gasteiger partial charge >= 0.3 is 0 Å². The first kappa shape index (κ1) is 27.1. The average molecular weight is 480 g/mol. The Morgan fingerprint density at radius 1 is 1.15 bits per heavy atom. The van der Waals surface area contributed by atoms with Crippen LogP contribution in [0.3, 0.4) is 0 Å². The van der Waals surface area contributed by atoms with Gasteiger partial charge in [-0.15, -0.1) is 11.3 Å². The number of rotatable bonds is 6. The van der Waals surface area contributed by atoms with Crippen molar-refractivity contribution in [2.45, 2.75) is 47.5 Å². The second-order valence-corrected chi connectivity index (χ2v) is 7.97. The molecule has 0 bridgehead atoms. The van der Waals surface area contributed by atoms with E-state index in [1.54, 1.807) is 17.5 Å². The predicted octanol–water partition coefficient (Wildman–Crippen LogP) is 7.11. The van der Waals surface area contributed by atoms with Crippen LogP contribution in [0, 0.1) is 0 Å². The zero-order valence-corrected chi connectivity index (χ0v) is 22.0. The van der Waals surface area contributed by atoms with Crippen LogP contribution in [0.5, 0.6) is 0 Å². The van der Waals surface area contributed by atoms with Gasteiger partial charge < -0.3 is 15.5 Å². The lowest BCUT2D eigenvalue weighted by Crippen LogP contribution is -2.34. The third kappa shape index (κ3) is 6.90. The zero-order valence-electron chi connectivity index (χ0n) is 21.2. The Morgan fingerprint density at radius 3 is 2.62 bits per heavy atom. The fourth-order valence-electron chi connectivity index (χ4n) is 3.52. The average Bonchev–Trinajstić information content (AvgIpc) is 3.38. The van der Waals surface area contributed by atoms with E-state index < -0.39 is 0 Å². The number of pyridine rings is 1. The van der Waals surface area contributed by atoms with Gasteiger partial charge in [-0.1, -0.05) is 46.8 Å². The van der Waals surface area contributed by atoms with Crippen LogP contribution in [0.15, 0.2) is 53.7 Å². The van der Waals surface area contributed by atoms with Gasteiger partial charge in [-0.25, -0.2) is 9.97 Å². The molecule has 3 aromatic rings. The summed E-state index contributed by atoms with van der Waals surface area (Å²) in [6, 6.07) is 8.16. The first-order chi connectivity index (χ1) is 16.7. The van der Waals surface area contributed by atoms with E-state index in [9.17, 15) is 4.79 Å². The van der Waals surface area contributed by atoms with E-state index in [-0.39, 0.29) is 5.91 Å². The molecule has 6 nitrogen and oxygen atoms in total. The summed E-state index contributed by atoms with van der Waals surface area (Å²) in [6.45, 7) is 11.4. The summed E-state index contributed by atoms with van der Waals surface area (Å²) < 4.78 is 1.15. The third-order valence-electron chi connectivity index (χ3n) is 5.20. The first-order valence-corrected chi connectivity index (χ1v) is 13.0. The lowest BCUT2D eigenvalue weighted by molar-refractivity contribution is -0.130. The standard InChI is InChI=1S/C23H25N5OS.2C2H6/c1-3-22(29)28-12-9-16(10-13-28)4-6-18-19(8-11-25-23(18)24-2)27-17-5-7-20-21(14-17)30-15-26-20;2*1-2/h4-9,11,14-15H,3,10,12-13H2,1-2H3,(H2,24,25,27);2*1-2H3/b6-4+;;. The molecule has 182 valence electrons. The van der Waals surface area contributed by atoms with E-state index in [2.05, 4.69) is 44.9 Å². The Kier molecular flexibility index (Phi) is 11.3. The van der Waals surface area contributed by atoms with Gasteiger partial charge in [0.1, 0.15) is 5.82 Å². The molecular weight excluding hydrogens is 442 g/mol. The van der Waals surface area contributed by atoms with Crippen molar-refractivity contribution in [3.63, 3.8) is 0 Å². The van der Waals surface area contributed by atoms with Crippen LogP contribution in [0.4, 0.5) is 17.2 Å². The molecule has 2 aromatic heterocycles. The second-order valence-electron chi connectivity index (χ2n) is 7.09. The number of carbonyl (C=O) groups excluding carboxylic acids is 1. The number of amides is 1. The molecule has 1 aromatic carbocycles. The molecule has 0 radical (unpaired) electrons. The summed E-state index contributed by atoms with van der Waals surface area (Å²) in [5, 5.41) is 6.70. The van der Waals surface area contributed by atoms with Crippen LogP contribution >= 0.6 is 11.3 Å². The summed E-state index contributed by atoms with van der Waals surface area (Å²) in [4.78, 5) is 22.6. The van der Waals surface area contributed by atoms with E-state index in [0.29, 0.717) is 13.0 Å². The van der Waals surface area contributed by atoms with Gasteiger partial charge in [0.05, 0.1) is 21.4 Å². The van der Waals surface area contributed by atoms with E-state index >= 15 is 0 Å². The van der Waals surface area contributed by atoms with Crippen LogP contribution in [-0.4, -0.2) is 40.9 Å². The Balaban J connectivity index is 0.000000970. The minimum atomic E-state index is 0.211. The molecule has 0 spiro atoms. The number of fused-ring (bicyclic) bond motifs is 1. The number of aromatic nitrogens is 2. The first-order valence-electron chi connectivity index (χ1n) is 12.1. The largest absolute Gasteiger partial charge is 0.373 e. The highest BCUT2D eigenvalue weighted by Gasteiger charge is 2.14. The molecule has 3 heterocycles. The van der Waals surface area contributed by atoms with Gasteiger partial charge in [0.2, 0.25) is 5.91 Å². The van der Waals surface area contributed by atoms with Crippen LogP contribution in [0.25, 0.3) is 16.3 Å². The molecule has 0 saturated heterocycles. The molecule has 0 atom stereocenters. The van der Waals surface area contributed by atoms with Crippen LogP contribution in [0.2, 0.25) is 0 Å². The highest BCUT2D eigenvalue weighted by Crippen LogP contribution is 2.30. The van der Waals surface area contributed by atoms with Crippen molar-refractivity contribution in [1.82, 2.24) is 14.9 Å². The Hall–Kier alpha value is -3.19. The van der Waals surface area contributed by atoms with Crippen molar-refractivity contribution in [2.75, 3.05) is 30.8 Å². The number of hydrogen-bond acceptors (Lipinski definition) is 6. The molecule has 1 amide bonds. The number of thiazole rings is 1. The SMILES string of the molecule is CC.CC.CCC(=O)N1CC=C(/C=C/c2c(Nc3ccc4ncsc4c3)ccnc2NC)CC1. The van der Waals surface area contributed by atoms with Crippen LogP contribution in [-0.2, 0) is 4.79 Å². The summed E-state index contributed by atoms with van der Waals surface area (Å²) in [5.41, 5.74) is 7.10. The summed E-state index contributed by atoms with van der Waals surface area (Å²) in [6.07, 6.45) is 9.57. The molecule has 2 N–H and O–H groups in total. The minimum Gasteiger partial charge on any atom is -0.373 e. The van der Waals surface area contributed by atoms with Crippen molar-refractivity contribution in [3.8, 4) is 0 Å². The molecule has 4 rings (SSSR count). The Labute approximate surface area is 207 Å². The van der Waals surface area contributed by atoms with Crippen molar-refractivity contribution >= 4 is 50.7 Å². The minimum absolute atomic E-state index is 0.211. The van der Waals surface area contributed by atoms with E-state index in [4.69, 9.17) is 0 Å². The van der Waals surface area contributed by atoms with Gasteiger partial charge in [0.15, 0.2) is 0 Å². The normalized spacial score (nSPS) is 12.9. The number of anilines is 3. The molecular formula is C27H37N5OS. The Bertz CT molecular complexity index is 1120. The van der Waals surface area contributed by atoms with Gasteiger partial charge in [-0.2, -0.15) is 0 Å². The highest BCUT2D eigenvalue weighted by atomic mass is 32.1. The molecule has 0 saturated carbocycles. The summed E-state index contributed by atoms with van der Waals surface area (Å²) >= 11 is 1.63. The monoisotopic (exact) mass is 479 g/mol. The van der Waals surface area contributed by atoms with Crippen molar-refractivity contribution in [1.29, 1.82) is 0 Å². The predicted molar refractivity (Wildman–Crippen MR) is 148 cm³/mol. The van der Waals surface area contributed by atoms with E-state index in [0.717, 1.165) is 45.9 Å². The fraction of sp³-hybridized carbons (Fsp3) is 0.370. The number of hydrogen-bond donors (Lipinski definition) is 2. The van der Waals surface area contributed by atoms with Gasteiger partial charge in [0.25, 0.3) is 0 Å². The highest BCUT2D eigenvalue weighted by molar-refractivity contribution is 7.16. The smallest absolute Gasteiger partial charge is 0.222 e. The number of carbonyl (C=O) groups is 1. The van der Waals surface area contributed by atoms with E-state index in [1.165, 1.54) is 5.57 Å². The summed E-state index contributed by atoms with van der Waals surface area (Å²) in [7, 11) is 1.88. The molecule has 7 heteroatoms. The van der Waals surface area contributed by atoms with E-state index in [1.807, 2.05) is 70.3 Å². The molecule has 1 aliphatic heterocycles. The van der Waals surface area contributed by atoms with Gasteiger partial charge in [-0.05, 0) is 42.3 Å². The number of allylic oxidation sites excluding steroid dienone is 1. The maximum atomic E-state index is 11.9. The fourth-order valence-corrected chi connectivity index (χ4v) is 4.23. The zero-order chi connectivity index (χ0) is 24.9. The lowest BCUT2D eigenvalue weighted by atomic mass is 10.1. The maximum absolute atomic E-state index is 11.9. The summed E-state index contributed by atoms with van der Waals surface area (Å²) in [5.74, 6) is 1.03. The molecule has 1 aliphatic rings. The molecule has 0 fully saturated rings. The van der Waals surface area contributed by atoms with Crippen molar-refractivity contribution in [2.24, 2.45) is 0 Å². The second kappa shape index (κ2) is 14.2. The van der Waals surface area contributed by atoms with Crippen molar-refractivity contribution in [3.05, 3.63) is 59.3 Å². The lowest BCUT2D eigenvalue weighted by Gasteiger charge is -2.25. The molecule has 0 unspecified atom stereocenters. The number of nitrogens with one attached hydrogen (secondary N) is 2. The maximum Gasteiger partial charge on any atom is 0.222 e. The number of benzene rings is 1. The van der Waals surface area contributed by atoms with Crippen molar-refractivity contribution < 1.29 is 4.79 Å². The van der Waals surface area contributed by atoms with Gasteiger partial charge in [0, 0.05) is 44.0 Å².